The number of aromatic nitrogens is 3. The van der Waals surface area contributed by atoms with E-state index in [1.807, 2.05) is 11.7 Å². The zero-order chi connectivity index (χ0) is 15.9. The van der Waals surface area contributed by atoms with Crippen molar-refractivity contribution in [2.24, 2.45) is 18.9 Å². The first kappa shape index (κ1) is 15.7. The van der Waals surface area contributed by atoms with Crippen LogP contribution in [0.4, 0.5) is 5.13 Å². The average molecular weight is 321 g/mol. The first-order chi connectivity index (χ1) is 10.4. The van der Waals surface area contributed by atoms with E-state index in [1.165, 1.54) is 30.8 Å². The maximum absolute atomic E-state index is 4.77. The fourth-order valence-corrected chi connectivity index (χ4v) is 4.45. The number of thiazole rings is 1. The molecule has 1 fully saturated rings. The Balaban J connectivity index is 1.64. The van der Waals surface area contributed by atoms with Gasteiger partial charge in [-0.25, -0.2) is 9.67 Å². The van der Waals surface area contributed by atoms with Crippen LogP contribution in [-0.4, -0.2) is 52.9 Å². The number of anilines is 1. The van der Waals surface area contributed by atoms with E-state index in [1.54, 1.807) is 11.3 Å². The summed E-state index contributed by atoms with van der Waals surface area (Å²) in [6, 6.07) is 0. The molecule has 1 atom stereocenters. The highest BCUT2D eigenvalue weighted by atomic mass is 32.1. The zero-order valence-electron chi connectivity index (χ0n) is 14.3. The van der Waals surface area contributed by atoms with Crippen molar-refractivity contribution in [3.8, 4) is 0 Å². The van der Waals surface area contributed by atoms with Gasteiger partial charge in [0.05, 0.1) is 10.4 Å². The average Bonchev–Trinajstić information content (AvgIpc) is 3.09. The lowest BCUT2D eigenvalue weighted by atomic mass is 10.1. The van der Waals surface area contributed by atoms with Gasteiger partial charge in [0.2, 0.25) is 0 Å². The maximum atomic E-state index is 4.77. The number of aryl methyl sites for hydroxylation is 2. The SMILES string of the molecule is Cc1nn(C)c2nc(N(C)C[C@H]3CCN(CC(C)C)C3)sc12. The lowest BCUT2D eigenvalue weighted by Crippen LogP contribution is -2.29. The van der Waals surface area contributed by atoms with Gasteiger partial charge in [-0.05, 0) is 31.7 Å². The fourth-order valence-electron chi connectivity index (χ4n) is 3.45. The van der Waals surface area contributed by atoms with Gasteiger partial charge in [0.25, 0.3) is 0 Å². The molecule has 2 aromatic rings. The molecule has 2 aromatic heterocycles. The van der Waals surface area contributed by atoms with E-state index in [-0.39, 0.29) is 0 Å². The minimum Gasteiger partial charge on any atom is -0.351 e. The van der Waals surface area contributed by atoms with Gasteiger partial charge in [-0.2, -0.15) is 5.10 Å². The summed E-state index contributed by atoms with van der Waals surface area (Å²) >= 11 is 1.77. The summed E-state index contributed by atoms with van der Waals surface area (Å²) < 4.78 is 3.11. The Bertz CT molecular complexity index is 610. The lowest BCUT2D eigenvalue weighted by Gasteiger charge is -2.22. The number of fused-ring (bicyclic) bond motifs is 1. The van der Waals surface area contributed by atoms with Crippen molar-refractivity contribution < 1.29 is 0 Å². The number of nitrogens with zero attached hydrogens (tertiary/aromatic N) is 5. The van der Waals surface area contributed by atoms with Crippen LogP contribution in [0.5, 0.6) is 0 Å². The molecular formula is C16H27N5S. The largest absolute Gasteiger partial charge is 0.351 e. The Morgan fingerprint density at radius 3 is 2.86 bits per heavy atom. The summed E-state index contributed by atoms with van der Waals surface area (Å²) in [5.41, 5.74) is 2.09. The molecule has 0 unspecified atom stereocenters. The van der Waals surface area contributed by atoms with Crippen molar-refractivity contribution in [1.29, 1.82) is 0 Å². The monoisotopic (exact) mass is 321 g/mol. The van der Waals surface area contributed by atoms with Crippen molar-refractivity contribution in [1.82, 2.24) is 19.7 Å². The third kappa shape index (κ3) is 3.13. The number of likely N-dealkylation sites (tertiary alicyclic amines) is 1. The smallest absolute Gasteiger partial charge is 0.187 e. The summed E-state index contributed by atoms with van der Waals surface area (Å²) in [5.74, 6) is 1.52. The lowest BCUT2D eigenvalue weighted by molar-refractivity contribution is 0.288. The molecule has 1 aliphatic rings. The van der Waals surface area contributed by atoms with Gasteiger partial charge in [-0.3, -0.25) is 0 Å². The highest BCUT2D eigenvalue weighted by Crippen LogP contribution is 2.31. The molecule has 1 aliphatic heterocycles. The van der Waals surface area contributed by atoms with Crippen LogP contribution in [-0.2, 0) is 7.05 Å². The van der Waals surface area contributed by atoms with Gasteiger partial charge < -0.3 is 9.80 Å². The molecule has 122 valence electrons. The van der Waals surface area contributed by atoms with Crippen molar-refractivity contribution in [3.05, 3.63) is 5.69 Å². The Kier molecular flexibility index (Phi) is 4.41. The van der Waals surface area contributed by atoms with E-state index in [0.717, 1.165) is 34.9 Å². The van der Waals surface area contributed by atoms with E-state index in [2.05, 4.69) is 42.7 Å². The Labute approximate surface area is 136 Å². The minimum absolute atomic E-state index is 0.759. The van der Waals surface area contributed by atoms with Gasteiger partial charge >= 0.3 is 0 Å². The first-order valence-corrected chi connectivity index (χ1v) is 8.99. The zero-order valence-corrected chi connectivity index (χ0v) is 15.2. The molecule has 0 N–H and O–H groups in total. The van der Waals surface area contributed by atoms with E-state index < -0.39 is 0 Å². The third-order valence-electron chi connectivity index (χ3n) is 4.39. The Morgan fingerprint density at radius 1 is 1.41 bits per heavy atom. The van der Waals surface area contributed by atoms with Crippen LogP contribution in [0.2, 0.25) is 0 Å². The topological polar surface area (TPSA) is 37.2 Å². The summed E-state index contributed by atoms with van der Waals surface area (Å²) in [4.78, 5) is 9.71. The van der Waals surface area contributed by atoms with Crippen LogP contribution in [0.3, 0.4) is 0 Å². The maximum Gasteiger partial charge on any atom is 0.187 e. The van der Waals surface area contributed by atoms with Crippen molar-refractivity contribution in [2.45, 2.75) is 27.2 Å². The summed E-state index contributed by atoms with van der Waals surface area (Å²) in [5, 5.41) is 5.55. The van der Waals surface area contributed by atoms with Crippen LogP contribution in [0.1, 0.15) is 26.0 Å². The minimum atomic E-state index is 0.759. The van der Waals surface area contributed by atoms with Crippen molar-refractivity contribution in [2.75, 3.05) is 38.1 Å². The summed E-state index contributed by atoms with van der Waals surface area (Å²) in [6.07, 6.45) is 1.31. The fraction of sp³-hybridized carbons (Fsp3) is 0.750. The molecule has 6 heteroatoms. The first-order valence-electron chi connectivity index (χ1n) is 8.17. The molecule has 0 saturated carbocycles. The van der Waals surface area contributed by atoms with Crippen LogP contribution in [0.25, 0.3) is 10.3 Å². The van der Waals surface area contributed by atoms with E-state index in [4.69, 9.17) is 4.98 Å². The molecule has 3 rings (SSSR count). The van der Waals surface area contributed by atoms with Crippen LogP contribution in [0, 0.1) is 18.8 Å². The Morgan fingerprint density at radius 2 is 2.18 bits per heavy atom. The second-order valence-corrected chi connectivity index (χ2v) is 8.02. The molecular weight excluding hydrogens is 294 g/mol. The predicted molar refractivity (Wildman–Crippen MR) is 93.8 cm³/mol. The third-order valence-corrected chi connectivity index (χ3v) is 5.65. The van der Waals surface area contributed by atoms with Gasteiger partial charge in [-0.15, -0.1) is 0 Å². The number of rotatable bonds is 5. The van der Waals surface area contributed by atoms with Crippen molar-refractivity contribution >= 4 is 26.8 Å². The number of hydrogen-bond donors (Lipinski definition) is 0. The van der Waals surface area contributed by atoms with Gasteiger partial charge in [0.15, 0.2) is 10.8 Å². The Hall–Kier alpha value is -1.14. The molecule has 0 amide bonds. The molecule has 3 heterocycles. The molecule has 0 aliphatic carbocycles. The second-order valence-electron chi connectivity index (χ2n) is 7.05. The highest BCUT2D eigenvalue weighted by molar-refractivity contribution is 7.22. The molecule has 5 nitrogen and oxygen atoms in total. The van der Waals surface area contributed by atoms with E-state index >= 15 is 0 Å². The van der Waals surface area contributed by atoms with Gasteiger partial charge in [0.1, 0.15) is 0 Å². The molecule has 0 spiro atoms. The molecule has 1 saturated heterocycles. The van der Waals surface area contributed by atoms with Gasteiger partial charge in [-0.1, -0.05) is 25.2 Å². The van der Waals surface area contributed by atoms with E-state index in [9.17, 15) is 0 Å². The predicted octanol–water partition coefficient (Wildman–Crippen LogP) is 2.75. The van der Waals surface area contributed by atoms with Crippen LogP contribution in [0.15, 0.2) is 0 Å². The summed E-state index contributed by atoms with van der Waals surface area (Å²) in [7, 11) is 4.14. The van der Waals surface area contributed by atoms with Crippen molar-refractivity contribution in [3.63, 3.8) is 0 Å². The van der Waals surface area contributed by atoms with E-state index in [0.29, 0.717) is 0 Å². The van der Waals surface area contributed by atoms with Crippen LogP contribution >= 0.6 is 11.3 Å². The van der Waals surface area contributed by atoms with Crippen LogP contribution < -0.4 is 4.90 Å². The highest BCUT2D eigenvalue weighted by Gasteiger charge is 2.25. The number of hydrogen-bond acceptors (Lipinski definition) is 5. The molecule has 0 bridgehead atoms. The molecule has 0 radical (unpaired) electrons. The second kappa shape index (κ2) is 6.16. The standard InChI is InChI=1S/C16H27N5S/c1-11(2)8-21-7-6-13(10-21)9-19(4)16-17-15-14(22-16)12(3)18-20(15)5/h11,13H,6-10H2,1-5H3/t13-/m1/s1. The van der Waals surface area contributed by atoms with Gasteiger partial charge in [0, 0.05) is 33.7 Å². The molecule has 22 heavy (non-hydrogen) atoms. The summed E-state index contributed by atoms with van der Waals surface area (Å²) in [6.45, 7) is 11.5. The quantitative estimate of drug-likeness (QED) is 0.848. The normalized spacial score (nSPS) is 19.6. The molecule has 0 aromatic carbocycles.